The van der Waals surface area contributed by atoms with Gasteiger partial charge in [0.1, 0.15) is 23.4 Å². The molecule has 0 aliphatic rings. The second-order valence-corrected chi connectivity index (χ2v) is 12.6. The van der Waals surface area contributed by atoms with E-state index < -0.39 is 35.2 Å². The molecule has 0 spiro atoms. The molecule has 236 valence electrons. The minimum atomic E-state index is -1.06. The van der Waals surface area contributed by atoms with Gasteiger partial charge in [0, 0.05) is 18.5 Å². The molecule has 0 bridgehead atoms. The highest BCUT2D eigenvalue weighted by atomic mass is 16.6. The van der Waals surface area contributed by atoms with E-state index in [9.17, 15) is 19.5 Å². The maximum atomic E-state index is 14.8. The molecule has 3 amide bonds. The van der Waals surface area contributed by atoms with Gasteiger partial charge in [0.15, 0.2) is 0 Å². The molecule has 0 fully saturated rings. The van der Waals surface area contributed by atoms with E-state index in [2.05, 4.69) is 17.6 Å². The summed E-state index contributed by atoms with van der Waals surface area (Å²) in [5, 5.41) is 15.7. The highest BCUT2D eigenvalue weighted by molar-refractivity contribution is 5.93. The molecule has 2 atom stereocenters. The van der Waals surface area contributed by atoms with Crippen LogP contribution >= 0.6 is 0 Å². The number of rotatable bonds is 12. The number of hydrogen-bond donors (Lipinski definition) is 3. The molecule has 3 N–H and O–H groups in total. The molecule has 3 aromatic carbocycles. The molecule has 8 nitrogen and oxygen atoms in total. The van der Waals surface area contributed by atoms with Gasteiger partial charge in [0.25, 0.3) is 0 Å². The number of benzene rings is 3. The van der Waals surface area contributed by atoms with Crippen molar-refractivity contribution < 1.29 is 24.2 Å². The highest BCUT2D eigenvalue weighted by Gasteiger charge is 2.43. The van der Waals surface area contributed by atoms with Gasteiger partial charge in [-0.3, -0.25) is 9.59 Å². The largest absolute Gasteiger partial charge is 0.508 e. The molecule has 0 radical (unpaired) electrons. The fourth-order valence-electron chi connectivity index (χ4n) is 4.87. The number of alkyl carbamates (subject to hydrolysis) is 1. The van der Waals surface area contributed by atoms with Crippen molar-refractivity contribution in [2.45, 2.75) is 97.5 Å². The van der Waals surface area contributed by atoms with Crippen LogP contribution in [0.25, 0.3) is 0 Å². The normalized spacial score (nSPS) is 13.0. The van der Waals surface area contributed by atoms with Crippen molar-refractivity contribution in [3.05, 3.63) is 101 Å². The van der Waals surface area contributed by atoms with Gasteiger partial charge in [0.05, 0.1) is 0 Å². The third kappa shape index (κ3) is 9.59. The average molecular weight is 602 g/mol. The quantitative estimate of drug-likeness (QED) is 0.221. The zero-order chi connectivity index (χ0) is 32.5. The molecule has 8 heteroatoms. The lowest BCUT2D eigenvalue weighted by Crippen LogP contribution is -2.59. The van der Waals surface area contributed by atoms with E-state index in [1.54, 1.807) is 37.8 Å². The zero-order valence-corrected chi connectivity index (χ0v) is 27.0. The first-order valence-corrected chi connectivity index (χ1v) is 15.2. The van der Waals surface area contributed by atoms with Crippen LogP contribution in [0.15, 0.2) is 78.9 Å². The summed E-state index contributed by atoms with van der Waals surface area (Å²) in [5.41, 5.74) is 1.89. The van der Waals surface area contributed by atoms with Crippen LogP contribution in [-0.2, 0) is 33.7 Å². The fourth-order valence-corrected chi connectivity index (χ4v) is 4.87. The van der Waals surface area contributed by atoms with Crippen LogP contribution in [0.3, 0.4) is 0 Å². The molecule has 0 saturated heterocycles. The van der Waals surface area contributed by atoms with Gasteiger partial charge in [-0.1, -0.05) is 80.6 Å². The van der Waals surface area contributed by atoms with Crippen LogP contribution in [0.1, 0.15) is 83.2 Å². The Morgan fingerprint density at radius 2 is 1.41 bits per heavy atom. The molecule has 0 aliphatic carbocycles. The number of carbonyl (C=O) groups excluding carboxylic acids is 3. The standard InChI is InChI=1S/C36H47N3O5/c1-8-25-15-19-28(20-16-25)31(32(41)37-24-27-13-11-10-12-14-27)39(36(6,7)9-2)33(42)30(38-34(43)44-35(3,4)5)23-26-17-21-29(40)22-18-26/h10-22,30-31,40H,8-9,23-24H2,1-7H3,(H,37,41)(H,38,43). The van der Waals surface area contributed by atoms with E-state index in [1.165, 1.54) is 12.1 Å². The number of ether oxygens (including phenoxy) is 1. The van der Waals surface area contributed by atoms with Gasteiger partial charge >= 0.3 is 6.09 Å². The summed E-state index contributed by atoms with van der Waals surface area (Å²) in [5.74, 6) is -0.653. The maximum Gasteiger partial charge on any atom is 0.408 e. The van der Waals surface area contributed by atoms with E-state index in [1.807, 2.05) is 75.4 Å². The van der Waals surface area contributed by atoms with Crippen LogP contribution in [-0.4, -0.2) is 45.1 Å². The van der Waals surface area contributed by atoms with Gasteiger partial charge in [-0.2, -0.15) is 0 Å². The summed E-state index contributed by atoms with van der Waals surface area (Å²) in [6.45, 7) is 13.4. The van der Waals surface area contributed by atoms with Gasteiger partial charge in [0.2, 0.25) is 11.8 Å². The van der Waals surface area contributed by atoms with Crippen molar-refractivity contribution >= 4 is 17.9 Å². The van der Waals surface area contributed by atoms with Crippen LogP contribution in [0.4, 0.5) is 4.79 Å². The number of carbonyl (C=O) groups is 3. The number of phenols is 1. The lowest BCUT2D eigenvalue weighted by molar-refractivity contribution is -0.149. The Labute approximate surface area is 261 Å². The molecule has 0 aliphatic heterocycles. The van der Waals surface area contributed by atoms with Crippen molar-refractivity contribution in [3.8, 4) is 5.75 Å². The molecule has 0 aromatic heterocycles. The van der Waals surface area contributed by atoms with Gasteiger partial charge in [-0.05, 0) is 81.8 Å². The molecule has 0 heterocycles. The summed E-state index contributed by atoms with van der Waals surface area (Å²) in [6.07, 6.45) is 0.776. The average Bonchev–Trinajstić information content (AvgIpc) is 2.98. The van der Waals surface area contributed by atoms with Crippen molar-refractivity contribution in [1.82, 2.24) is 15.5 Å². The van der Waals surface area contributed by atoms with Crippen molar-refractivity contribution in [2.24, 2.45) is 0 Å². The monoisotopic (exact) mass is 601 g/mol. The molecule has 44 heavy (non-hydrogen) atoms. The smallest absolute Gasteiger partial charge is 0.408 e. The fraction of sp³-hybridized carbons (Fsp3) is 0.417. The number of nitrogens with one attached hydrogen (secondary N) is 2. The van der Waals surface area contributed by atoms with Gasteiger partial charge in [-0.25, -0.2) is 4.79 Å². The Morgan fingerprint density at radius 3 is 1.95 bits per heavy atom. The van der Waals surface area contributed by atoms with E-state index >= 15 is 0 Å². The summed E-state index contributed by atoms with van der Waals surface area (Å²) >= 11 is 0. The van der Waals surface area contributed by atoms with Gasteiger partial charge < -0.3 is 25.4 Å². The van der Waals surface area contributed by atoms with E-state index in [4.69, 9.17) is 4.74 Å². The lowest BCUT2D eigenvalue weighted by atomic mass is 9.90. The Balaban J connectivity index is 2.10. The van der Waals surface area contributed by atoms with Crippen molar-refractivity contribution in [3.63, 3.8) is 0 Å². The minimum Gasteiger partial charge on any atom is -0.508 e. The van der Waals surface area contributed by atoms with E-state index in [0.717, 1.165) is 23.1 Å². The number of hydrogen-bond acceptors (Lipinski definition) is 5. The predicted molar refractivity (Wildman–Crippen MR) is 173 cm³/mol. The molecular weight excluding hydrogens is 554 g/mol. The number of aromatic hydroxyl groups is 1. The van der Waals surface area contributed by atoms with Crippen molar-refractivity contribution in [2.75, 3.05) is 0 Å². The van der Waals surface area contributed by atoms with Crippen molar-refractivity contribution in [1.29, 1.82) is 0 Å². The summed E-state index contributed by atoms with van der Waals surface area (Å²) < 4.78 is 5.53. The van der Waals surface area contributed by atoms with E-state index in [0.29, 0.717) is 18.5 Å². The molecule has 0 saturated carbocycles. The Bertz CT molecular complexity index is 1380. The Kier molecular flexibility index (Phi) is 11.6. The Morgan fingerprint density at radius 1 is 0.818 bits per heavy atom. The molecule has 3 aromatic rings. The molecular formula is C36H47N3O5. The van der Waals surface area contributed by atoms with Crippen LogP contribution < -0.4 is 10.6 Å². The molecule has 3 rings (SSSR count). The first-order chi connectivity index (χ1) is 20.7. The predicted octanol–water partition coefficient (Wildman–Crippen LogP) is 6.47. The summed E-state index contributed by atoms with van der Waals surface area (Å²) in [6, 6.07) is 21.8. The number of amides is 3. The van der Waals surface area contributed by atoms with Crippen LogP contribution in [0, 0.1) is 0 Å². The number of nitrogens with zero attached hydrogens (tertiary/aromatic N) is 1. The molecule has 2 unspecified atom stereocenters. The second-order valence-electron chi connectivity index (χ2n) is 12.6. The summed E-state index contributed by atoms with van der Waals surface area (Å²) in [7, 11) is 0. The highest BCUT2D eigenvalue weighted by Crippen LogP contribution is 2.33. The summed E-state index contributed by atoms with van der Waals surface area (Å²) in [4.78, 5) is 43.6. The minimum absolute atomic E-state index is 0.0937. The lowest BCUT2D eigenvalue weighted by Gasteiger charge is -2.44. The first-order valence-electron chi connectivity index (χ1n) is 15.2. The number of phenolic OH excluding ortho intramolecular Hbond substituents is 1. The third-order valence-corrected chi connectivity index (χ3v) is 7.64. The van der Waals surface area contributed by atoms with Crippen LogP contribution in [0.5, 0.6) is 5.75 Å². The second kappa shape index (κ2) is 14.9. The van der Waals surface area contributed by atoms with Crippen LogP contribution in [0.2, 0.25) is 0 Å². The maximum absolute atomic E-state index is 14.8. The Hall–Kier alpha value is -4.33. The topological polar surface area (TPSA) is 108 Å². The third-order valence-electron chi connectivity index (χ3n) is 7.64. The number of aryl methyl sites for hydroxylation is 1. The zero-order valence-electron chi connectivity index (χ0n) is 27.0. The van der Waals surface area contributed by atoms with E-state index in [-0.39, 0.29) is 18.1 Å². The van der Waals surface area contributed by atoms with Gasteiger partial charge in [-0.15, -0.1) is 0 Å². The SMILES string of the molecule is CCc1ccc(C(C(=O)NCc2ccccc2)N(C(=O)C(Cc2ccc(O)cc2)NC(=O)OC(C)(C)C)C(C)(C)CC)cc1. The first kappa shape index (κ1) is 34.2.